The maximum Gasteiger partial charge on any atom is 0.176 e. The van der Waals surface area contributed by atoms with Crippen LogP contribution in [0.25, 0.3) is 21.2 Å². The summed E-state index contributed by atoms with van der Waals surface area (Å²) in [6.07, 6.45) is 1.80. The number of amidine groups is 1. The van der Waals surface area contributed by atoms with Gasteiger partial charge in [0.1, 0.15) is 0 Å². The Morgan fingerprint density at radius 2 is 2.10 bits per heavy atom. The SMILES string of the molecule is Cl.Clc1ccc(-c2cccc3c(C4=NCCN4)occ23)s1. The normalized spacial score (nSPS) is 13.9. The van der Waals surface area contributed by atoms with Crippen molar-refractivity contribution in [3.05, 3.63) is 46.7 Å². The van der Waals surface area contributed by atoms with Crippen LogP contribution in [0.2, 0.25) is 4.34 Å². The summed E-state index contributed by atoms with van der Waals surface area (Å²) in [5.74, 6) is 1.67. The highest BCUT2D eigenvalue weighted by molar-refractivity contribution is 7.19. The van der Waals surface area contributed by atoms with Gasteiger partial charge in [0.15, 0.2) is 11.6 Å². The molecule has 108 valence electrons. The van der Waals surface area contributed by atoms with Gasteiger partial charge >= 0.3 is 0 Å². The number of nitrogens with zero attached hydrogens (tertiary/aromatic N) is 1. The molecule has 0 amide bonds. The fourth-order valence-corrected chi connectivity index (χ4v) is 3.56. The van der Waals surface area contributed by atoms with Crippen LogP contribution in [0.4, 0.5) is 0 Å². The smallest absolute Gasteiger partial charge is 0.176 e. The van der Waals surface area contributed by atoms with Crippen molar-refractivity contribution >= 4 is 52.0 Å². The predicted octanol–water partition coefficient (Wildman–Crippen LogP) is 4.59. The molecule has 3 nitrogen and oxygen atoms in total. The summed E-state index contributed by atoms with van der Waals surface area (Å²) < 4.78 is 6.54. The second-order valence-corrected chi connectivity index (χ2v) is 6.31. The summed E-state index contributed by atoms with van der Waals surface area (Å²) in [7, 11) is 0. The third kappa shape index (κ3) is 2.44. The quantitative estimate of drug-likeness (QED) is 0.742. The van der Waals surface area contributed by atoms with Gasteiger partial charge in [-0.05, 0) is 12.1 Å². The van der Waals surface area contributed by atoms with Gasteiger partial charge < -0.3 is 9.73 Å². The number of aliphatic imine (C=N–C) groups is 1. The largest absolute Gasteiger partial charge is 0.460 e. The molecule has 0 bridgehead atoms. The van der Waals surface area contributed by atoms with Crippen molar-refractivity contribution in [3.63, 3.8) is 0 Å². The van der Waals surface area contributed by atoms with Crippen LogP contribution in [0.5, 0.6) is 0 Å². The van der Waals surface area contributed by atoms with Crippen molar-refractivity contribution in [1.82, 2.24) is 5.32 Å². The lowest BCUT2D eigenvalue weighted by atomic mass is 10.1. The third-order valence-corrected chi connectivity index (χ3v) is 4.64. The molecule has 6 heteroatoms. The highest BCUT2D eigenvalue weighted by Gasteiger charge is 2.17. The van der Waals surface area contributed by atoms with Gasteiger partial charge in [-0.1, -0.05) is 29.8 Å². The highest BCUT2D eigenvalue weighted by Crippen LogP contribution is 2.37. The summed E-state index contributed by atoms with van der Waals surface area (Å²) in [6, 6.07) is 10.2. The Kier molecular flexibility index (Phi) is 3.93. The number of halogens is 2. The van der Waals surface area contributed by atoms with Crippen molar-refractivity contribution in [1.29, 1.82) is 0 Å². The van der Waals surface area contributed by atoms with Crippen molar-refractivity contribution in [2.45, 2.75) is 0 Å². The molecule has 0 fully saturated rings. The number of furan rings is 1. The minimum atomic E-state index is 0. The average Bonchev–Trinajstić information content (AvgIpc) is 3.17. The standard InChI is InChI=1S/C15H11ClN2OS.ClH/c16-13-5-4-12(20-13)9-2-1-3-10-11(9)8-19-14(10)15-17-6-7-18-15;/h1-5,8H,6-7H2,(H,17,18);1H. The Bertz CT molecular complexity index is 822. The first-order valence-corrected chi connectivity index (χ1v) is 7.57. The minimum Gasteiger partial charge on any atom is -0.460 e. The fraction of sp³-hybridized carbons (Fsp3) is 0.133. The number of hydrogen-bond acceptors (Lipinski definition) is 4. The molecule has 2 aromatic heterocycles. The first kappa shape index (κ1) is 14.4. The number of thiophene rings is 1. The molecule has 0 unspecified atom stereocenters. The van der Waals surface area contributed by atoms with E-state index in [2.05, 4.69) is 22.4 Å². The Morgan fingerprint density at radius 1 is 1.19 bits per heavy atom. The van der Waals surface area contributed by atoms with Crippen LogP contribution in [0.3, 0.4) is 0 Å². The molecule has 3 heterocycles. The lowest BCUT2D eigenvalue weighted by Crippen LogP contribution is -2.18. The Labute approximate surface area is 137 Å². The molecule has 0 atom stereocenters. The Hall–Kier alpha value is -1.49. The number of nitrogens with one attached hydrogen (secondary N) is 1. The van der Waals surface area contributed by atoms with Crippen molar-refractivity contribution in [2.75, 3.05) is 13.1 Å². The topological polar surface area (TPSA) is 37.5 Å². The Morgan fingerprint density at radius 3 is 2.81 bits per heavy atom. The van der Waals surface area contributed by atoms with Crippen molar-refractivity contribution in [2.24, 2.45) is 4.99 Å². The zero-order valence-corrected chi connectivity index (χ0v) is 13.3. The van der Waals surface area contributed by atoms with E-state index >= 15 is 0 Å². The molecule has 0 saturated heterocycles. The summed E-state index contributed by atoms with van der Waals surface area (Å²) >= 11 is 7.61. The van der Waals surface area contributed by atoms with E-state index in [-0.39, 0.29) is 12.4 Å². The monoisotopic (exact) mass is 338 g/mol. The number of hydrogen-bond donors (Lipinski definition) is 1. The molecule has 1 aromatic carbocycles. The van der Waals surface area contributed by atoms with Gasteiger partial charge in [-0.2, -0.15) is 0 Å². The lowest BCUT2D eigenvalue weighted by Gasteiger charge is -2.01. The fourth-order valence-electron chi connectivity index (χ4n) is 2.48. The van der Waals surface area contributed by atoms with Crippen LogP contribution < -0.4 is 5.32 Å². The second-order valence-electron chi connectivity index (χ2n) is 4.59. The number of fused-ring (bicyclic) bond motifs is 1. The molecule has 3 aromatic rings. The molecule has 0 aliphatic carbocycles. The van der Waals surface area contributed by atoms with Gasteiger partial charge in [0.05, 0.1) is 17.1 Å². The summed E-state index contributed by atoms with van der Waals surface area (Å²) in [5, 5.41) is 5.43. The van der Waals surface area contributed by atoms with Gasteiger partial charge in [0.2, 0.25) is 0 Å². The van der Waals surface area contributed by atoms with Crippen LogP contribution >= 0.6 is 35.3 Å². The number of rotatable bonds is 2. The molecule has 1 aliphatic rings. The minimum absolute atomic E-state index is 0. The molecule has 1 N–H and O–H groups in total. The second kappa shape index (κ2) is 5.72. The lowest BCUT2D eigenvalue weighted by molar-refractivity contribution is 0.560. The van der Waals surface area contributed by atoms with Crippen LogP contribution in [0.1, 0.15) is 5.76 Å². The van der Waals surface area contributed by atoms with Gasteiger partial charge in [-0.3, -0.25) is 4.99 Å². The summed E-state index contributed by atoms with van der Waals surface area (Å²) in [4.78, 5) is 5.58. The molecule has 0 radical (unpaired) electrons. The van der Waals surface area contributed by atoms with Gasteiger partial charge in [0.25, 0.3) is 0 Å². The van der Waals surface area contributed by atoms with E-state index in [1.54, 1.807) is 17.6 Å². The van der Waals surface area contributed by atoms with E-state index in [0.717, 1.165) is 50.2 Å². The van der Waals surface area contributed by atoms with Crippen molar-refractivity contribution in [3.8, 4) is 10.4 Å². The average molecular weight is 339 g/mol. The van der Waals surface area contributed by atoms with E-state index in [1.165, 1.54) is 0 Å². The summed E-state index contributed by atoms with van der Waals surface area (Å²) in [5.41, 5.74) is 1.15. The maximum atomic E-state index is 6.04. The highest BCUT2D eigenvalue weighted by atomic mass is 35.5. The van der Waals surface area contributed by atoms with Crippen LogP contribution in [-0.4, -0.2) is 18.9 Å². The Balaban J connectivity index is 0.00000132. The van der Waals surface area contributed by atoms with Gasteiger partial charge in [-0.15, -0.1) is 23.7 Å². The van der Waals surface area contributed by atoms with E-state index < -0.39 is 0 Å². The molecular weight excluding hydrogens is 327 g/mol. The molecular formula is C15H12Cl2N2OS. The molecule has 0 spiro atoms. The zero-order chi connectivity index (χ0) is 13.5. The third-order valence-electron chi connectivity index (χ3n) is 3.37. The molecule has 0 saturated carbocycles. The van der Waals surface area contributed by atoms with E-state index in [4.69, 9.17) is 16.0 Å². The zero-order valence-electron chi connectivity index (χ0n) is 10.9. The first-order chi connectivity index (χ1) is 9.83. The van der Waals surface area contributed by atoms with Crippen LogP contribution in [0.15, 0.2) is 46.0 Å². The van der Waals surface area contributed by atoms with Crippen molar-refractivity contribution < 1.29 is 4.42 Å². The van der Waals surface area contributed by atoms with Crippen LogP contribution in [-0.2, 0) is 0 Å². The van der Waals surface area contributed by atoms with Gasteiger partial charge in [-0.25, -0.2) is 0 Å². The van der Waals surface area contributed by atoms with E-state index in [1.807, 2.05) is 18.2 Å². The summed E-state index contributed by atoms with van der Waals surface area (Å²) in [6.45, 7) is 1.68. The maximum absolute atomic E-state index is 6.04. The molecule has 4 rings (SSSR count). The molecule has 21 heavy (non-hydrogen) atoms. The predicted molar refractivity (Wildman–Crippen MR) is 91.2 cm³/mol. The first-order valence-electron chi connectivity index (χ1n) is 6.37. The van der Waals surface area contributed by atoms with E-state index in [9.17, 15) is 0 Å². The number of benzene rings is 1. The van der Waals surface area contributed by atoms with Crippen LogP contribution in [0, 0.1) is 0 Å². The molecule has 1 aliphatic heterocycles. The van der Waals surface area contributed by atoms with E-state index in [0.29, 0.717) is 0 Å². The van der Waals surface area contributed by atoms with Gasteiger partial charge in [0, 0.05) is 27.8 Å².